The van der Waals surface area contributed by atoms with E-state index in [1.54, 1.807) is 41.0 Å². The van der Waals surface area contributed by atoms with Gasteiger partial charge in [0.2, 0.25) is 0 Å². The normalized spacial score (nSPS) is 14.5. The minimum absolute atomic E-state index is 0.0211. The van der Waals surface area contributed by atoms with E-state index in [2.05, 4.69) is 4.99 Å². The Balaban J connectivity index is 1.80. The SMILES string of the molecule is O=c1c(=Cc2ccc(-c3c(Cl)cccc3Cl)o2)sc2n1CCCN=2. The first-order valence-corrected chi connectivity index (χ1v) is 9.01. The molecule has 0 N–H and O–H groups in total. The first-order valence-electron chi connectivity index (χ1n) is 7.43. The number of halogens is 2. The van der Waals surface area contributed by atoms with E-state index < -0.39 is 0 Å². The molecule has 4 rings (SSSR count). The van der Waals surface area contributed by atoms with Crippen molar-refractivity contribution >= 4 is 40.6 Å². The van der Waals surface area contributed by atoms with Crippen molar-refractivity contribution in [2.45, 2.75) is 13.0 Å². The summed E-state index contributed by atoms with van der Waals surface area (Å²) in [5, 5.41) is 1.04. The van der Waals surface area contributed by atoms with Gasteiger partial charge in [0.1, 0.15) is 11.5 Å². The van der Waals surface area contributed by atoms with Crippen molar-refractivity contribution in [3.05, 3.63) is 65.8 Å². The van der Waals surface area contributed by atoms with Gasteiger partial charge >= 0.3 is 0 Å². The Morgan fingerprint density at radius 3 is 2.75 bits per heavy atom. The largest absolute Gasteiger partial charge is 0.457 e. The van der Waals surface area contributed by atoms with Gasteiger partial charge in [0.15, 0.2) is 4.80 Å². The molecule has 0 saturated heterocycles. The zero-order valence-corrected chi connectivity index (χ0v) is 14.8. The Bertz CT molecular complexity index is 1070. The third kappa shape index (κ3) is 2.73. The highest BCUT2D eigenvalue weighted by atomic mass is 35.5. The maximum atomic E-state index is 12.4. The molecule has 24 heavy (non-hydrogen) atoms. The molecule has 0 bridgehead atoms. The average molecular weight is 379 g/mol. The van der Waals surface area contributed by atoms with E-state index in [9.17, 15) is 4.79 Å². The van der Waals surface area contributed by atoms with Gasteiger partial charge in [0, 0.05) is 19.2 Å². The van der Waals surface area contributed by atoms with Gasteiger partial charge in [0.05, 0.1) is 20.1 Å². The van der Waals surface area contributed by atoms with Gasteiger partial charge in [-0.3, -0.25) is 14.4 Å². The Kier molecular flexibility index (Phi) is 4.08. The molecule has 7 heteroatoms. The zero-order chi connectivity index (χ0) is 16.7. The van der Waals surface area contributed by atoms with Crippen LogP contribution < -0.4 is 14.9 Å². The highest BCUT2D eigenvalue weighted by Gasteiger charge is 2.13. The number of nitrogens with zero attached hydrogens (tertiary/aromatic N) is 2. The lowest BCUT2D eigenvalue weighted by molar-refractivity contribution is 0.568. The quantitative estimate of drug-likeness (QED) is 0.686. The van der Waals surface area contributed by atoms with E-state index >= 15 is 0 Å². The molecule has 3 heterocycles. The lowest BCUT2D eigenvalue weighted by Gasteiger charge is -2.03. The summed E-state index contributed by atoms with van der Waals surface area (Å²) in [6, 6.07) is 8.90. The van der Waals surface area contributed by atoms with E-state index in [0.717, 1.165) is 24.3 Å². The predicted octanol–water partition coefficient (Wildman–Crippen LogP) is 3.33. The number of hydrogen-bond donors (Lipinski definition) is 0. The first kappa shape index (κ1) is 15.7. The summed E-state index contributed by atoms with van der Waals surface area (Å²) in [6.45, 7) is 1.50. The van der Waals surface area contributed by atoms with Crippen molar-refractivity contribution in [2.24, 2.45) is 4.99 Å². The van der Waals surface area contributed by atoms with Crippen LogP contribution in [-0.4, -0.2) is 11.1 Å². The molecule has 0 radical (unpaired) electrons. The van der Waals surface area contributed by atoms with Gasteiger partial charge in [-0.25, -0.2) is 0 Å². The molecule has 122 valence electrons. The molecule has 4 nitrogen and oxygen atoms in total. The van der Waals surface area contributed by atoms with Crippen molar-refractivity contribution in [2.75, 3.05) is 6.54 Å². The standard InChI is InChI=1S/C17H12Cl2N2O2S/c18-11-3-1-4-12(19)15(11)13-6-5-10(23-13)9-14-16(22)21-8-2-7-20-17(21)24-14/h1,3-6,9H,2,7-8H2. The molecule has 3 aromatic rings. The first-order chi connectivity index (χ1) is 11.6. The number of benzene rings is 1. The number of furan rings is 1. The van der Waals surface area contributed by atoms with Crippen molar-refractivity contribution in [1.29, 1.82) is 0 Å². The fourth-order valence-corrected chi connectivity index (χ4v) is 4.25. The highest BCUT2D eigenvalue weighted by Crippen LogP contribution is 2.35. The molecule has 2 aromatic heterocycles. The minimum atomic E-state index is -0.0211. The van der Waals surface area contributed by atoms with Gasteiger partial charge in [-0.05, 0) is 30.7 Å². The molecule has 0 aliphatic carbocycles. The average Bonchev–Trinajstić information content (AvgIpc) is 3.14. The van der Waals surface area contributed by atoms with E-state index in [4.69, 9.17) is 27.6 Å². The van der Waals surface area contributed by atoms with Crippen LogP contribution in [0.4, 0.5) is 0 Å². The van der Waals surface area contributed by atoms with Gasteiger partial charge in [-0.2, -0.15) is 0 Å². The summed E-state index contributed by atoms with van der Waals surface area (Å²) in [6.07, 6.45) is 2.64. The summed E-state index contributed by atoms with van der Waals surface area (Å²) < 4.78 is 8.16. The molecule has 1 aliphatic heterocycles. The molecule has 0 unspecified atom stereocenters. The van der Waals surface area contributed by atoms with Crippen molar-refractivity contribution in [3.8, 4) is 11.3 Å². The lowest BCUT2D eigenvalue weighted by atomic mass is 10.2. The lowest BCUT2D eigenvalue weighted by Crippen LogP contribution is -2.33. The van der Waals surface area contributed by atoms with Gasteiger partial charge in [0.25, 0.3) is 5.56 Å². The fraction of sp³-hybridized carbons (Fsp3) is 0.176. The molecular formula is C17H12Cl2N2O2S. The molecule has 0 amide bonds. The van der Waals surface area contributed by atoms with Crippen LogP contribution in [0.2, 0.25) is 10.0 Å². The second-order valence-corrected chi connectivity index (χ2v) is 7.21. The molecule has 0 saturated carbocycles. The third-order valence-corrected chi connectivity index (χ3v) is 5.46. The van der Waals surface area contributed by atoms with Crippen LogP contribution in [-0.2, 0) is 6.54 Å². The van der Waals surface area contributed by atoms with Crippen LogP contribution in [0.1, 0.15) is 12.2 Å². The van der Waals surface area contributed by atoms with Crippen LogP contribution in [0.5, 0.6) is 0 Å². The minimum Gasteiger partial charge on any atom is -0.457 e. The molecule has 0 atom stereocenters. The molecule has 1 aromatic carbocycles. The monoisotopic (exact) mass is 378 g/mol. The van der Waals surface area contributed by atoms with Crippen molar-refractivity contribution < 1.29 is 4.42 Å². The Morgan fingerprint density at radius 1 is 1.21 bits per heavy atom. The Hall–Kier alpha value is -1.82. The van der Waals surface area contributed by atoms with E-state index in [-0.39, 0.29) is 5.56 Å². The maximum Gasteiger partial charge on any atom is 0.270 e. The predicted molar refractivity (Wildman–Crippen MR) is 96.6 cm³/mol. The van der Waals surface area contributed by atoms with E-state index in [0.29, 0.717) is 31.7 Å². The zero-order valence-electron chi connectivity index (χ0n) is 12.5. The summed E-state index contributed by atoms with van der Waals surface area (Å²) in [5.41, 5.74) is 0.629. The molecular weight excluding hydrogens is 367 g/mol. The van der Waals surface area contributed by atoms with Gasteiger partial charge in [-0.15, -0.1) is 0 Å². The summed E-state index contributed by atoms with van der Waals surface area (Å²) in [4.78, 5) is 17.6. The van der Waals surface area contributed by atoms with E-state index in [1.807, 2.05) is 0 Å². The third-order valence-electron chi connectivity index (χ3n) is 3.78. The smallest absolute Gasteiger partial charge is 0.270 e. The van der Waals surface area contributed by atoms with Crippen LogP contribution in [0.15, 0.2) is 44.5 Å². The van der Waals surface area contributed by atoms with Gasteiger partial charge < -0.3 is 4.42 Å². The second kappa shape index (κ2) is 6.24. The molecule has 0 spiro atoms. The highest BCUT2D eigenvalue weighted by molar-refractivity contribution is 7.07. The second-order valence-electron chi connectivity index (χ2n) is 5.38. The number of thiazole rings is 1. The summed E-state index contributed by atoms with van der Waals surface area (Å²) in [5.74, 6) is 1.15. The Morgan fingerprint density at radius 2 is 2.00 bits per heavy atom. The number of aromatic nitrogens is 1. The van der Waals surface area contributed by atoms with E-state index in [1.165, 1.54) is 11.3 Å². The van der Waals surface area contributed by atoms with Crippen LogP contribution in [0, 0.1) is 0 Å². The topological polar surface area (TPSA) is 47.5 Å². The molecule has 1 aliphatic rings. The van der Waals surface area contributed by atoms with Gasteiger partial charge in [-0.1, -0.05) is 40.6 Å². The molecule has 0 fully saturated rings. The summed E-state index contributed by atoms with van der Waals surface area (Å²) >= 11 is 13.8. The Labute approximate surface area is 151 Å². The van der Waals surface area contributed by atoms with Crippen LogP contribution in [0.25, 0.3) is 17.4 Å². The summed E-state index contributed by atoms with van der Waals surface area (Å²) in [7, 11) is 0. The maximum absolute atomic E-state index is 12.4. The number of fused-ring (bicyclic) bond motifs is 1. The number of hydrogen-bond acceptors (Lipinski definition) is 4. The number of rotatable bonds is 2. The van der Waals surface area contributed by atoms with Crippen LogP contribution >= 0.6 is 34.5 Å². The van der Waals surface area contributed by atoms with Crippen LogP contribution in [0.3, 0.4) is 0 Å². The fourth-order valence-electron chi connectivity index (χ4n) is 2.65. The van der Waals surface area contributed by atoms with Crippen molar-refractivity contribution in [1.82, 2.24) is 4.57 Å². The van der Waals surface area contributed by atoms with Crippen molar-refractivity contribution in [3.63, 3.8) is 0 Å².